The zero-order valence-electron chi connectivity index (χ0n) is 7.87. The second kappa shape index (κ2) is 4.75. The second-order valence-corrected chi connectivity index (χ2v) is 7.03. The Hall–Kier alpha value is 0.390. The van der Waals surface area contributed by atoms with Crippen molar-refractivity contribution in [2.45, 2.75) is 25.7 Å². The van der Waals surface area contributed by atoms with Crippen molar-refractivity contribution in [2.75, 3.05) is 18.3 Å². The quantitative estimate of drug-likeness (QED) is 0.730. The van der Waals surface area contributed by atoms with E-state index in [1.807, 2.05) is 0 Å². The van der Waals surface area contributed by atoms with E-state index in [4.69, 9.17) is 0 Å². The summed E-state index contributed by atoms with van der Waals surface area (Å²) in [6.45, 7) is 0.688. The van der Waals surface area contributed by atoms with Crippen LogP contribution in [-0.4, -0.2) is 31.0 Å². The minimum absolute atomic E-state index is 0.0310. The Bertz CT molecular complexity index is 247. The normalized spacial score (nSPS) is 19.9. The number of rotatable bonds is 4. The van der Waals surface area contributed by atoms with Crippen LogP contribution in [0.5, 0.6) is 0 Å². The molecule has 0 aromatic carbocycles. The van der Waals surface area contributed by atoms with Gasteiger partial charge in [-0.3, -0.25) is 0 Å². The van der Waals surface area contributed by atoms with E-state index in [0.29, 0.717) is 12.5 Å². The summed E-state index contributed by atoms with van der Waals surface area (Å²) in [6, 6.07) is 0. The molecule has 1 fully saturated rings. The average molecular weight is 270 g/mol. The van der Waals surface area contributed by atoms with Gasteiger partial charge in [-0.15, -0.1) is 0 Å². The molecule has 0 radical (unpaired) electrons. The molecule has 13 heavy (non-hydrogen) atoms. The highest BCUT2D eigenvalue weighted by Crippen LogP contribution is 2.25. The van der Waals surface area contributed by atoms with Gasteiger partial charge in [0.05, 0.1) is 0 Å². The van der Waals surface area contributed by atoms with E-state index in [0.717, 1.165) is 0 Å². The fourth-order valence-electron chi connectivity index (χ4n) is 1.75. The molecule has 3 nitrogen and oxygen atoms in total. The van der Waals surface area contributed by atoms with Crippen LogP contribution in [0.15, 0.2) is 0 Å². The van der Waals surface area contributed by atoms with Crippen LogP contribution in [0.3, 0.4) is 0 Å². The smallest absolute Gasteiger partial charge is 0.211 e. The Labute approximate surface area is 88.7 Å². The maximum Gasteiger partial charge on any atom is 0.223 e. The molecule has 1 aliphatic carbocycles. The number of hydrogen-bond donors (Lipinski definition) is 0. The highest BCUT2D eigenvalue weighted by atomic mass is 79.9. The lowest BCUT2D eigenvalue weighted by Crippen LogP contribution is -2.31. The van der Waals surface area contributed by atoms with E-state index < -0.39 is 10.0 Å². The van der Waals surface area contributed by atoms with Crippen LogP contribution < -0.4 is 0 Å². The third-order valence-electron chi connectivity index (χ3n) is 2.60. The molecule has 0 saturated heterocycles. The van der Waals surface area contributed by atoms with Gasteiger partial charge in [-0.05, 0) is 18.8 Å². The topological polar surface area (TPSA) is 37.4 Å². The summed E-state index contributed by atoms with van der Waals surface area (Å²) in [7, 11) is -1.37. The van der Waals surface area contributed by atoms with Gasteiger partial charge < -0.3 is 0 Å². The minimum Gasteiger partial charge on any atom is -0.211 e. The van der Waals surface area contributed by atoms with Crippen LogP contribution >= 0.6 is 15.9 Å². The molecule has 0 heterocycles. The van der Waals surface area contributed by atoms with Crippen molar-refractivity contribution in [3.05, 3.63) is 0 Å². The number of alkyl halides is 1. The van der Waals surface area contributed by atoms with Crippen LogP contribution in [0, 0.1) is 5.92 Å². The monoisotopic (exact) mass is 269 g/mol. The summed E-state index contributed by atoms with van der Waals surface area (Å²) in [5.41, 5.74) is 0. The summed E-state index contributed by atoms with van der Waals surface area (Å²) in [4.78, 5) is 0. The summed E-state index contributed by atoms with van der Waals surface area (Å²) < 4.78 is 24.2. The molecule has 0 bridgehead atoms. The Morgan fingerprint density at radius 2 is 1.92 bits per heavy atom. The minimum atomic E-state index is -3.04. The van der Waals surface area contributed by atoms with Crippen molar-refractivity contribution >= 4 is 26.0 Å². The van der Waals surface area contributed by atoms with Crippen molar-refractivity contribution in [2.24, 2.45) is 5.92 Å². The van der Waals surface area contributed by atoms with Gasteiger partial charge in [0.15, 0.2) is 0 Å². The molecule has 0 aromatic heterocycles. The molecule has 78 valence electrons. The first-order valence-electron chi connectivity index (χ1n) is 4.56. The van der Waals surface area contributed by atoms with E-state index in [2.05, 4.69) is 15.9 Å². The largest absolute Gasteiger partial charge is 0.223 e. The predicted molar refractivity (Wildman–Crippen MR) is 57.3 cm³/mol. The van der Waals surface area contributed by atoms with E-state index in [-0.39, 0.29) is 4.66 Å². The molecule has 0 aromatic rings. The average Bonchev–Trinajstić information content (AvgIpc) is 2.57. The highest BCUT2D eigenvalue weighted by molar-refractivity contribution is 9.10. The zero-order chi connectivity index (χ0) is 9.90. The molecule has 0 N–H and O–H groups in total. The van der Waals surface area contributed by atoms with Crippen LogP contribution in [0.25, 0.3) is 0 Å². The maximum atomic E-state index is 11.4. The molecular weight excluding hydrogens is 254 g/mol. The number of hydrogen-bond acceptors (Lipinski definition) is 2. The first-order chi connectivity index (χ1) is 6.06. The van der Waals surface area contributed by atoms with Crippen LogP contribution in [0.4, 0.5) is 0 Å². The molecule has 0 aliphatic heterocycles. The fourth-order valence-corrected chi connectivity index (χ4v) is 3.41. The lowest BCUT2D eigenvalue weighted by molar-refractivity contribution is 0.389. The Kier molecular flexibility index (Phi) is 4.19. The predicted octanol–water partition coefficient (Wildman–Crippen LogP) is 1.79. The third kappa shape index (κ3) is 3.22. The maximum absolute atomic E-state index is 11.4. The van der Waals surface area contributed by atoms with Crippen molar-refractivity contribution in [3.63, 3.8) is 0 Å². The number of sulfonamides is 1. The van der Waals surface area contributed by atoms with Crippen LogP contribution in [0.2, 0.25) is 0 Å². The Morgan fingerprint density at radius 3 is 2.38 bits per heavy atom. The van der Waals surface area contributed by atoms with Gasteiger partial charge in [-0.2, -0.15) is 0 Å². The summed E-state index contributed by atoms with van der Waals surface area (Å²) in [5.74, 6) is 0.582. The van der Waals surface area contributed by atoms with Gasteiger partial charge in [0.1, 0.15) is 4.66 Å². The molecule has 5 heteroatoms. The van der Waals surface area contributed by atoms with E-state index >= 15 is 0 Å². The molecular formula is C8H16BrNO2S. The molecule has 0 unspecified atom stereocenters. The molecule has 0 atom stereocenters. The van der Waals surface area contributed by atoms with E-state index in [9.17, 15) is 8.42 Å². The van der Waals surface area contributed by atoms with Gasteiger partial charge in [-0.1, -0.05) is 28.8 Å². The van der Waals surface area contributed by atoms with Crippen molar-refractivity contribution in [1.29, 1.82) is 0 Å². The third-order valence-corrected chi connectivity index (χ3v) is 5.71. The van der Waals surface area contributed by atoms with Gasteiger partial charge in [0.25, 0.3) is 0 Å². The lowest BCUT2D eigenvalue weighted by atomic mass is 10.1. The van der Waals surface area contributed by atoms with Crippen LogP contribution in [-0.2, 0) is 10.0 Å². The van der Waals surface area contributed by atoms with Crippen LogP contribution in [0.1, 0.15) is 25.7 Å². The summed E-state index contributed by atoms with van der Waals surface area (Å²) in [5, 5.41) is 0. The van der Waals surface area contributed by atoms with Gasteiger partial charge >= 0.3 is 0 Å². The van der Waals surface area contributed by atoms with Crippen molar-refractivity contribution < 1.29 is 8.42 Å². The molecule has 1 aliphatic rings. The van der Waals surface area contributed by atoms with Gasteiger partial charge in [-0.25, -0.2) is 12.7 Å². The second-order valence-electron chi connectivity index (χ2n) is 3.65. The van der Waals surface area contributed by atoms with E-state index in [1.54, 1.807) is 7.05 Å². The fraction of sp³-hybridized carbons (Fsp3) is 1.00. The van der Waals surface area contributed by atoms with Crippen molar-refractivity contribution in [1.82, 2.24) is 4.31 Å². The van der Waals surface area contributed by atoms with Gasteiger partial charge in [0.2, 0.25) is 10.0 Å². The first-order valence-corrected chi connectivity index (χ1v) is 7.29. The number of halogens is 1. The molecule has 0 amide bonds. The highest BCUT2D eigenvalue weighted by Gasteiger charge is 2.22. The lowest BCUT2D eigenvalue weighted by Gasteiger charge is -2.19. The van der Waals surface area contributed by atoms with Crippen molar-refractivity contribution in [3.8, 4) is 0 Å². The SMILES string of the molecule is CN(CC1CCCC1)S(=O)(=O)CBr. The van der Waals surface area contributed by atoms with Gasteiger partial charge in [0, 0.05) is 13.6 Å². The standard InChI is InChI=1S/C8H16BrNO2S/c1-10(13(11,12)7-9)6-8-4-2-3-5-8/h8H,2-7H2,1H3. The molecule has 1 rings (SSSR count). The Morgan fingerprint density at radius 1 is 1.38 bits per heavy atom. The zero-order valence-corrected chi connectivity index (χ0v) is 10.3. The molecule has 0 spiro atoms. The first kappa shape index (κ1) is 11.5. The Balaban J connectivity index is 2.44. The summed E-state index contributed by atoms with van der Waals surface area (Å²) >= 11 is 2.99. The summed E-state index contributed by atoms with van der Waals surface area (Å²) in [6.07, 6.45) is 4.88. The number of nitrogens with zero attached hydrogens (tertiary/aromatic N) is 1. The van der Waals surface area contributed by atoms with E-state index in [1.165, 1.54) is 30.0 Å². The molecule has 1 saturated carbocycles.